The highest BCUT2D eigenvalue weighted by molar-refractivity contribution is 5.62. The van der Waals surface area contributed by atoms with Gasteiger partial charge < -0.3 is 10.7 Å². The molecule has 4 N–H and O–H groups in total. The van der Waals surface area contributed by atoms with Crippen molar-refractivity contribution in [3.8, 4) is 0 Å². The fourth-order valence-electron chi connectivity index (χ4n) is 4.45. The van der Waals surface area contributed by atoms with Gasteiger partial charge in [-0.05, 0) is 62.7 Å². The van der Waals surface area contributed by atoms with E-state index in [1.54, 1.807) is 5.01 Å². The van der Waals surface area contributed by atoms with Crippen molar-refractivity contribution in [3.05, 3.63) is 58.7 Å². The summed E-state index contributed by atoms with van der Waals surface area (Å²) in [4.78, 5) is 9.26. The van der Waals surface area contributed by atoms with Gasteiger partial charge in [-0.25, -0.2) is 5.84 Å². The summed E-state index contributed by atoms with van der Waals surface area (Å²) >= 11 is 0. The van der Waals surface area contributed by atoms with E-state index in [-0.39, 0.29) is 0 Å². The van der Waals surface area contributed by atoms with Gasteiger partial charge in [0.1, 0.15) is 0 Å². The van der Waals surface area contributed by atoms with Crippen LogP contribution in [0.25, 0.3) is 5.70 Å². The molecule has 2 rings (SSSR count). The minimum Gasteiger partial charge on any atom is -0.396 e. The van der Waals surface area contributed by atoms with Crippen molar-refractivity contribution in [2.75, 3.05) is 7.05 Å². The molecule has 0 spiro atoms. The lowest BCUT2D eigenvalue weighted by Gasteiger charge is -2.22. The van der Waals surface area contributed by atoms with Gasteiger partial charge in [0.2, 0.25) is 0 Å². The second kappa shape index (κ2) is 13.9. The number of hydrazine groups is 1. The highest BCUT2D eigenvalue weighted by atomic mass is 15.4. The third-order valence-corrected chi connectivity index (χ3v) is 6.23. The van der Waals surface area contributed by atoms with Crippen LogP contribution in [0.1, 0.15) is 89.8 Å². The Bertz CT molecular complexity index is 809. The van der Waals surface area contributed by atoms with E-state index in [4.69, 9.17) is 11.6 Å². The topological polar surface area (TPSA) is 80.5 Å². The molecule has 0 radical (unpaired) electrons. The molecule has 0 amide bonds. The lowest BCUT2D eigenvalue weighted by molar-refractivity contribution is 0.356. The Labute approximate surface area is 195 Å². The van der Waals surface area contributed by atoms with Gasteiger partial charge in [0, 0.05) is 25.2 Å². The second-order valence-electron chi connectivity index (χ2n) is 8.79. The second-order valence-corrected chi connectivity index (χ2v) is 8.79. The highest BCUT2D eigenvalue weighted by Gasteiger charge is 2.15. The van der Waals surface area contributed by atoms with Crippen LogP contribution in [0, 0.1) is 5.92 Å². The van der Waals surface area contributed by atoms with Crippen molar-refractivity contribution in [3.63, 3.8) is 0 Å². The predicted molar refractivity (Wildman–Crippen MR) is 138 cm³/mol. The predicted octanol–water partition coefficient (Wildman–Crippen LogP) is 6.14. The van der Waals surface area contributed by atoms with Gasteiger partial charge in [-0.3, -0.25) is 9.98 Å². The third-order valence-electron chi connectivity index (χ3n) is 6.23. The van der Waals surface area contributed by atoms with E-state index in [1.165, 1.54) is 43.2 Å². The number of pyridine rings is 1. The normalized spacial score (nSPS) is 17.0. The zero-order valence-corrected chi connectivity index (χ0v) is 20.6. The molecule has 1 aromatic rings. The fourth-order valence-corrected chi connectivity index (χ4v) is 4.45. The molecule has 1 aliphatic rings. The van der Waals surface area contributed by atoms with Gasteiger partial charge in [0.15, 0.2) is 0 Å². The Morgan fingerprint density at radius 3 is 2.50 bits per heavy atom. The number of allylic oxidation sites excluding steroid dienone is 5. The summed E-state index contributed by atoms with van der Waals surface area (Å²) < 4.78 is 0. The van der Waals surface area contributed by atoms with Crippen molar-refractivity contribution in [1.82, 2.24) is 9.99 Å². The number of hydrogen-bond acceptors (Lipinski definition) is 5. The summed E-state index contributed by atoms with van der Waals surface area (Å²) in [5.74, 6) is 6.96. The molecule has 0 aliphatic heterocycles. The molecule has 32 heavy (non-hydrogen) atoms. The number of hydrogen-bond donors (Lipinski definition) is 2. The zero-order valence-electron chi connectivity index (χ0n) is 20.6. The van der Waals surface area contributed by atoms with Crippen LogP contribution >= 0.6 is 0 Å². The molecule has 0 bridgehead atoms. The average molecular weight is 438 g/mol. The molecule has 5 nitrogen and oxygen atoms in total. The maximum absolute atomic E-state index is 6.54. The first-order valence-electron chi connectivity index (χ1n) is 12.3. The molecule has 1 aromatic heterocycles. The van der Waals surface area contributed by atoms with E-state index in [2.05, 4.69) is 42.0 Å². The molecule has 0 atom stereocenters. The number of aromatic nitrogens is 1. The molecule has 0 unspecified atom stereocenters. The van der Waals surface area contributed by atoms with E-state index in [1.807, 2.05) is 32.4 Å². The summed E-state index contributed by atoms with van der Waals surface area (Å²) in [7, 11) is 1.83. The Morgan fingerprint density at radius 1 is 1.19 bits per heavy atom. The standard InChI is InChI=1S/C27H43N5/c1-5-11-21(6-2)19-24(30-7-3)15-17-26(32(4)29)27(28)25-16-14-23(20-31-25)18-22-12-9-8-10-13-22/h7,11,14,16,19-20,22H,5-6,8-10,12-13,15,17-18,28-29H2,1-4H3/b21-11+,24-19-,27-26-,30-7-. The number of aliphatic imine (C=N–C) groups is 1. The third kappa shape index (κ3) is 8.27. The first-order valence-corrected chi connectivity index (χ1v) is 12.3. The number of nitrogens with two attached hydrogens (primary N) is 2. The van der Waals surface area contributed by atoms with Gasteiger partial charge in [0.25, 0.3) is 0 Å². The SMILES string of the molecule is C\C=N/C(=C\C(=C\CC)CC)CC/C(=C(/N)c1ccc(CC2CCCCC2)cn1)N(C)N. The Kier molecular flexibility index (Phi) is 11.2. The Morgan fingerprint density at radius 2 is 1.94 bits per heavy atom. The molecule has 1 saturated carbocycles. The molecule has 1 aliphatic carbocycles. The van der Waals surface area contributed by atoms with E-state index < -0.39 is 0 Å². The number of nitrogens with zero attached hydrogens (tertiary/aromatic N) is 3. The summed E-state index contributed by atoms with van der Waals surface area (Å²) in [5, 5.41) is 1.61. The van der Waals surface area contributed by atoms with Crippen molar-refractivity contribution in [2.45, 2.75) is 85.0 Å². The smallest absolute Gasteiger partial charge is 0.0877 e. The largest absolute Gasteiger partial charge is 0.396 e. The molecule has 176 valence electrons. The van der Waals surface area contributed by atoms with Crippen LogP contribution < -0.4 is 11.6 Å². The highest BCUT2D eigenvalue weighted by Crippen LogP contribution is 2.27. The maximum atomic E-state index is 6.54. The summed E-state index contributed by atoms with van der Waals surface area (Å²) in [5.41, 5.74) is 12.5. The molecule has 1 heterocycles. The minimum atomic E-state index is 0.638. The molecule has 5 heteroatoms. The molecule has 0 aromatic carbocycles. The summed E-state index contributed by atoms with van der Waals surface area (Å²) in [6, 6.07) is 4.21. The van der Waals surface area contributed by atoms with E-state index >= 15 is 0 Å². The number of rotatable bonds is 11. The van der Waals surface area contributed by atoms with Crippen LogP contribution in [0.4, 0.5) is 0 Å². The van der Waals surface area contributed by atoms with Gasteiger partial charge in [-0.2, -0.15) is 0 Å². The summed E-state index contributed by atoms with van der Waals surface area (Å²) in [6.45, 7) is 6.28. The van der Waals surface area contributed by atoms with E-state index in [9.17, 15) is 0 Å². The Hall–Kier alpha value is -2.40. The minimum absolute atomic E-state index is 0.638. The van der Waals surface area contributed by atoms with Crippen molar-refractivity contribution >= 4 is 11.9 Å². The maximum Gasteiger partial charge on any atom is 0.0877 e. The first-order chi connectivity index (χ1) is 15.5. The van der Waals surface area contributed by atoms with Crippen LogP contribution in [0.3, 0.4) is 0 Å². The fraction of sp³-hybridized carbons (Fsp3) is 0.556. The first kappa shape index (κ1) is 25.9. The van der Waals surface area contributed by atoms with Crippen LogP contribution in [-0.2, 0) is 6.42 Å². The molecular formula is C27H43N5. The van der Waals surface area contributed by atoms with E-state index in [0.29, 0.717) is 12.1 Å². The lowest BCUT2D eigenvalue weighted by Crippen LogP contribution is -2.28. The van der Waals surface area contributed by atoms with E-state index in [0.717, 1.165) is 48.7 Å². The molecular weight excluding hydrogens is 394 g/mol. The molecule has 0 saturated heterocycles. The van der Waals surface area contributed by atoms with Gasteiger partial charge in [0.05, 0.1) is 17.1 Å². The van der Waals surface area contributed by atoms with Crippen molar-refractivity contribution in [1.29, 1.82) is 0 Å². The Balaban J connectivity index is 2.15. The summed E-state index contributed by atoms with van der Waals surface area (Å²) in [6.07, 6.45) is 19.7. The van der Waals surface area contributed by atoms with Gasteiger partial charge in [-0.15, -0.1) is 0 Å². The quantitative estimate of drug-likeness (QED) is 0.189. The van der Waals surface area contributed by atoms with Gasteiger partial charge >= 0.3 is 0 Å². The van der Waals surface area contributed by atoms with Crippen LogP contribution in [-0.4, -0.2) is 23.3 Å². The van der Waals surface area contributed by atoms with Crippen LogP contribution in [0.2, 0.25) is 0 Å². The van der Waals surface area contributed by atoms with Crippen LogP contribution in [0.5, 0.6) is 0 Å². The molecule has 1 fully saturated rings. The van der Waals surface area contributed by atoms with Crippen molar-refractivity contribution < 1.29 is 0 Å². The lowest BCUT2D eigenvalue weighted by atomic mass is 9.85. The van der Waals surface area contributed by atoms with Crippen molar-refractivity contribution in [2.24, 2.45) is 22.5 Å². The van der Waals surface area contributed by atoms with Crippen LogP contribution in [0.15, 0.2) is 52.4 Å². The zero-order chi connectivity index (χ0) is 23.3. The van der Waals surface area contributed by atoms with Gasteiger partial charge in [-0.1, -0.05) is 63.7 Å². The average Bonchev–Trinajstić information content (AvgIpc) is 2.79. The monoisotopic (exact) mass is 437 g/mol.